The SMILES string of the molecule is CCc1cccc2c(-c3c4ccccc4c(-c4cccc(C5=CC(CC)C=C(c6cccc7ccccc67)C=C5)c4)c4ccccc34)cccc12. The normalized spacial score (nSPS) is 14.6. The van der Waals surface area contributed by atoms with Crippen LogP contribution >= 0.6 is 0 Å². The fourth-order valence-corrected chi connectivity index (χ4v) is 8.37. The second kappa shape index (κ2) is 13.0. The average Bonchev–Trinajstić information content (AvgIpc) is 3.42. The van der Waals surface area contributed by atoms with Crippen LogP contribution in [0.1, 0.15) is 37.0 Å². The van der Waals surface area contributed by atoms with Crippen molar-refractivity contribution in [2.45, 2.75) is 26.7 Å². The molecule has 1 atom stereocenters. The van der Waals surface area contributed by atoms with Crippen molar-refractivity contribution in [3.63, 3.8) is 0 Å². The lowest BCUT2D eigenvalue weighted by Gasteiger charge is -2.19. The molecule has 0 heterocycles. The quantitative estimate of drug-likeness (QED) is 0.157. The van der Waals surface area contributed by atoms with Crippen LogP contribution in [0.15, 0.2) is 176 Å². The Hall–Kier alpha value is -5.98. The summed E-state index contributed by atoms with van der Waals surface area (Å²) in [5.41, 5.74) is 11.6. The van der Waals surface area contributed by atoms with Gasteiger partial charge >= 0.3 is 0 Å². The van der Waals surface area contributed by atoms with E-state index in [1.807, 2.05) is 0 Å². The van der Waals surface area contributed by atoms with E-state index in [1.165, 1.54) is 93.2 Å². The number of benzene rings is 8. The van der Waals surface area contributed by atoms with Crippen molar-refractivity contribution in [2.24, 2.45) is 5.92 Å². The van der Waals surface area contributed by atoms with E-state index in [0.29, 0.717) is 5.92 Å². The maximum absolute atomic E-state index is 2.46. The molecule has 1 unspecified atom stereocenters. The summed E-state index contributed by atoms with van der Waals surface area (Å²) < 4.78 is 0. The zero-order chi connectivity index (χ0) is 34.3. The Morgan fingerprint density at radius 2 is 0.941 bits per heavy atom. The minimum Gasteiger partial charge on any atom is -0.0697 e. The lowest BCUT2D eigenvalue weighted by atomic mass is 9.84. The molecule has 0 saturated heterocycles. The zero-order valence-electron chi connectivity index (χ0n) is 29.2. The van der Waals surface area contributed by atoms with Crippen LogP contribution in [0.4, 0.5) is 0 Å². The number of hydrogen-bond acceptors (Lipinski definition) is 0. The van der Waals surface area contributed by atoms with Crippen LogP contribution < -0.4 is 0 Å². The summed E-state index contributed by atoms with van der Waals surface area (Å²) in [7, 11) is 0. The second-order valence-electron chi connectivity index (χ2n) is 13.8. The molecule has 0 N–H and O–H groups in total. The van der Waals surface area contributed by atoms with Crippen molar-refractivity contribution >= 4 is 54.2 Å². The Morgan fingerprint density at radius 1 is 0.412 bits per heavy atom. The first-order chi connectivity index (χ1) is 25.2. The lowest BCUT2D eigenvalue weighted by molar-refractivity contribution is 0.778. The zero-order valence-corrected chi connectivity index (χ0v) is 29.2. The first-order valence-corrected chi connectivity index (χ1v) is 18.4. The molecule has 0 nitrogen and oxygen atoms in total. The smallest absolute Gasteiger partial charge is 0.00201 e. The topological polar surface area (TPSA) is 0 Å². The predicted molar refractivity (Wildman–Crippen MR) is 222 cm³/mol. The van der Waals surface area contributed by atoms with Crippen molar-refractivity contribution in [2.75, 3.05) is 0 Å². The number of rotatable bonds is 6. The highest BCUT2D eigenvalue weighted by molar-refractivity contribution is 6.23. The van der Waals surface area contributed by atoms with Crippen molar-refractivity contribution in [3.05, 3.63) is 193 Å². The van der Waals surface area contributed by atoms with Gasteiger partial charge in [-0.25, -0.2) is 0 Å². The molecule has 0 heteroatoms. The van der Waals surface area contributed by atoms with E-state index in [0.717, 1.165) is 12.8 Å². The summed E-state index contributed by atoms with van der Waals surface area (Å²) in [6.07, 6.45) is 11.6. The molecule has 0 aromatic heterocycles. The molecule has 9 rings (SSSR count). The van der Waals surface area contributed by atoms with Crippen molar-refractivity contribution < 1.29 is 0 Å². The molecule has 1 aliphatic carbocycles. The third-order valence-electron chi connectivity index (χ3n) is 10.9. The average molecular weight is 653 g/mol. The van der Waals surface area contributed by atoms with Crippen LogP contribution in [0.25, 0.3) is 76.5 Å². The highest BCUT2D eigenvalue weighted by atomic mass is 14.2. The second-order valence-corrected chi connectivity index (χ2v) is 13.8. The summed E-state index contributed by atoms with van der Waals surface area (Å²) in [5, 5.41) is 10.4. The largest absolute Gasteiger partial charge is 0.0697 e. The summed E-state index contributed by atoms with van der Waals surface area (Å²) in [6.45, 7) is 4.54. The Kier molecular flexibility index (Phi) is 7.94. The summed E-state index contributed by atoms with van der Waals surface area (Å²) in [5.74, 6) is 0.336. The van der Waals surface area contributed by atoms with E-state index in [9.17, 15) is 0 Å². The van der Waals surface area contributed by atoms with Crippen LogP contribution in [0.5, 0.6) is 0 Å². The van der Waals surface area contributed by atoms with Crippen LogP contribution in [-0.4, -0.2) is 0 Å². The van der Waals surface area contributed by atoms with E-state index in [4.69, 9.17) is 0 Å². The third kappa shape index (κ3) is 5.40. The standard InChI is InChI=1S/C51H40/c1-3-34-31-38(29-30-39(32-34)43-25-13-17-36-15-5-6-20-42(36)43)37-18-11-19-40(33-37)50-46-21-7-9-23-48(46)51(49-24-10-8-22-47(49)50)45-28-14-26-41-35(4-2)16-12-27-44(41)45/h5-34H,3-4H2,1-2H3. The van der Waals surface area contributed by atoms with Gasteiger partial charge in [-0.3, -0.25) is 0 Å². The van der Waals surface area contributed by atoms with Gasteiger partial charge in [0, 0.05) is 0 Å². The van der Waals surface area contributed by atoms with E-state index >= 15 is 0 Å². The summed E-state index contributed by atoms with van der Waals surface area (Å²) >= 11 is 0. The van der Waals surface area contributed by atoms with Gasteiger partial charge in [0.25, 0.3) is 0 Å². The van der Waals surface area contributed by atoms with Gasteiger partial charge in [0.15, 0.2) is 0 Å². The molecule has 0 aliphatic heterocycles. The van der Waals surface area contributed by atoms with Gasteiger partial charge in [0.1, 0.15) is 0 Å². The Bertz CT molecular complexity index is 2650. The van der Waals surface area contributed by atoms with Crippen LogP contribution in [0.2, 0.25) is 0 Å². The predicted octanol–water partition coefficient (Wildman–Crippen LogP) is 14.3. The fraction of sp³-hybridized carbons (Fsp3) is 0.0980. The Morgan fingerprint density at radius 3 is 1.69 bits per heavy atom. The van der Waals surface area contributed by atoms with E-state index < -0.39 is 0 Å². The minimum atomic E-state index is 0.336. The van der Waals surface area contributed by atoms with E-state index in [-0.39, 0.29) is 0 Å². The van der Waals surface area contributed by atoms with Crippen LogP contribution in [0, 0.1) is 5.92 Å². The molecule has 51 heavy (non-hydrogen) atoms. The van der Waals surface area contributed by atoms with Gasteiger partial charge in [-0.2, -0.15) is 0 Å². The maximum Gasteiger partial charge on any atom is -0.00201 e. The van der Waals surface area contributed by atoms with Gasteiger partial charge < -0.3 is 0 Å². The lowest BCUT2D eigenvalue weighted by Crippen LogP contribution is -1.94. The Balaban J connectivity index is 1.21. The molecule has 244 valence electrons. The number of aryl methyl sites for hydroxylation is 1. The molecular formula is C51H40. The maximum atomic E-state index is 2.46. The van der Waals surface area contributed by atoms with Gasteiger partial charge in [-0.1, -0.05) is 184 Å². The van der Waals surface area contributed by atoms with Gasteiger partial charge in [0.05, 0.1) is 0 Å². The van der Waals surface area contributed by atoms with Crippen molar-refractivity contribution in [1.29, 1.82) is 0 Å². The van der Waals surface area contributed by atoms with E-state index in [1.54, 1.807) is 0 Å². The van der Waals surface area contributed by atoms with Gasteiger partial charge in [0.2, 0.25) is 0 Å². The van der Waals surface area contributed by atoms with Gasteiger partial charge in [-0.15, -0.1) is 0 Å². The molecular weight excluding hydrogens is 613 g/mol. The molecule has 0 spiro atoms. The molecule has 8 aromatic rings. The van der Waals surface area contributed by atoms with Crippen LogP contribution in [-0.2, 0) is 6.42 Å². The first-order valence-electron chi connectivity index (χ1n) is 18.4. The molecule has 0 bridgehead atoms. The monoisotopic (exact) mass is 652 g/mol. The number of hydrogen-bond donors (Lipinski definition) is 0. The Labute approximate surface area is 300 Å². The molecule has 0 fully saturated rings. The van der Waals surface area contributed by atoms with Crippen molar-refractivity contribution in [1.82, 2.24) is 0 Å². The van der Waals surface area contributed by atoms with Gasteiger partial charge in [-0.05, 0) is 118 Å². The molecule has 0 saturated carbocycles. The van der Waals surface area contributed by atoms with Crippen LogP contribution in [0.3, 0.4) is 0 Å². The number of allylic oxidation sites excluding steroid dienone is 6. The molecule has 1 aliphatic rings. The third-order valence-corrected chi connectivity index (χ3v) is 10.9. The summed E-state index contributed by atoms with van der Waals surface area (Å²) in [6, 6.07) is 56.2. The molecule has 0 radical (unpaired) electrons. The molecule has 8 aromatic carbocycles. The highest BCUT2D eigenvalue weighted by Crippen LogP contribution is 2.46. The van der Waals surface area contributed by atoms with E-state index in [2.05, 4.69) is 190 Å². The minimum absolute atomic E-state index is 0.336. The highest BCUT2D eigenvalue weighted by Gasteiger charge is 2.19. The fourth-order valence-electron chi connectivity index (χ4n) is 8.37. The summed E-state index contributed by atoms with van der Waals surface area (Å²) in [4.78, 5) is 0. The number of fused-ring (bicyclic) bond motifs is 4. The first kappa shape index (κ1) is 31.0. The van der Waals surface area contributed by atoms with Crippen molar-refractivity contribution in [3.8, 4) is 22.3 Å². The molecule has 0 amide bonds.